The molecule has 5 heteroatoms. The van der Waals surface area contributed by atoms with Gasteiger partial charge in [-0.25, -0.2) is 4.39 Å². The molecule has 1 aromatic heterocycles. The van der Waals surface area contributed by atoms with Gasteiger partial charge in [0.1, 0.15) is 11.6 Å². The molecule has 1 aliphatic carbocycles. The van der Waals surface area contributed by atoms with Crippen molar-refractivity contribution in [3.63, 3.8) is 0 Å². The second-order valence-corrected chi connectivity index (χ2v) is 4.44. The van der Waals surface area contributed by atoms with E-state index in [0.29, 0.717) is 17.4 Å². The zero-order valence-electron chi connectivity index (χ0n) is 9.11. The number of alkyl halides is 1. The number of aromatic nitrogens is 3. The second kappa shape index (κ2) is 4.11. The topological polar surface area (TPSA) is 30.7 Å². The maximum Gasteiger partial charge on any atom is 0.152 e. The number of halogens is 2. The zero-order valence-corrected chi connectivity index (χ0v) is 9.86. The van der Waals surface area contributed by atoms with Gasteiger partial charge in [-0.15, -0.1) is 21.8 Å². The SMILES string of the molecule is Fc1ccccc1-n1c(CCl)nnc1C1CC1. The van der Waals surface area contributed by atoms with Crippen molar-refractivity contribution in [3.05, 3.63) is 41.7 Å². The van der Waals surface area contributed by atoms with Crippen molar-refractivity contribution in [2.24, 2.45) is 0 Å². The van der Waals surface area contributed by atoms with Crippen molar-refractivity contribution in [1.82, 2.24) is 14.8 Å². The lowest BCUT2D eigenvalue weighted by Gasteiger charge is -2.09. The van der Waals surface area contributed by atoms with Gasteiger partial charge in [-0.2, -0.15) is 0 Å². The predicted octanol–water partition coefficient (Wildman–Crippen LogP) is 3.02. The maximum atomic E-state index is 13.8. The van der Waals surface area contributed by atoms with E-state index in [1.54, 1.807) is 22.8 Å². The summed E-state index contributed by atoms with van der Waals surface area (Å²) in [6.45, 7) is 0. The molecule has 1 saturated carbocycles. The molecule has 0 amide bonds. The van der Waals surface area contributed by atoms with Gasteiger partial charge in [-0.1, -0.05) is 12.1 Å². The van der Waals surface area contributed by atoms with E-state index in [1.807, 2.05) is 0 Å². The van der Waals surface area contributed by atoms with Crippen molar-refractivity contribution < 1.29 is 4.39 Å². The highest BCUT2D eigenvalue weighted by atomic mass is 35.5. The number of benzene rings is 1. The lowest BCUT2D eigenvalue weighted by atomic mass is 10.2. The molecular formula is C12H11ClFN3. The van der Waals surface area contributed by atoms with Crippen molar-refractivity contribution in [3.8, 4) is 5.69 Å². The Balaban J connectivity index is 2.18. The summed E-state index contributed by atoms with van der Waals surface area (Å²) in [7, 11) is 0. The summed E-state index contributed by atoms with van der Waals surface area (Å²) in [4.78, 5) is 0. The fourth-order valence-electron chi connectivity index (χ4n) is 1.92. The summed E-state index contributed by atoms with van der Waals surface area (Å²) >= 11 is 5.83. The molecule has 88 valence electrons. The zero-order chi connectivity index (χ0) is 11.8. The van der Waals surface area contributed by atoms with Crippen LogP contribution in [0.4, 0.5) is 4.39 Å². The number of rotatable bonds is 3. The largest absolute Gasteiger partial charge is 0.279 e. The fraction of sp³-hybridized carbons (Fsp3) is 0.333. The minimum atomic E-state index is -0.277. The van der Waals surface area contributed by atoms with Gasteiger partial charge in [-0.3, -0.25) is 4.57 Å². The van der Waals surface area contributed by atoms with Crippen LogP contribution in [-0.4, -0.2) is 14.8 Å². The molecule has 0 bridgehead atoms. The first-order valence-corrected chi connectivity index (χ1v) is 6.09. The second-order valence-electron chi connectivity index (χ2n) is 4.17. The molecule has 3 nitrogen and oxygen atoms in total. The number of para-hydroxylation sites is 1. The van der Waals surface area contributed by atoms with Crippen LogP contribution in [0.25, 0.3) is 5.69 Å². The van der Waals surface area contributed by atoms with Crippen LogP contribution in [0.2, 0.25) is 0 Å². The molecule has 0 radical (unpaired) electrons. The predicted molar refractivity (Wildman–Crippen MR) is 62.8 cm³/mol. The Kier molecular flexibility index (Phi) is 2.59. The molecule has 0 spiro atoms. The first kappa shape index (κ1) is 10.7. The summed E-state index contributed by atoms with van der Waals surface area (Å²) in [5.74, 6) is 1.78. The van der Waals surface area contributed by atoms with Gasteiger partial charge < -0.3 is 0 Å². The van der Waals surface area contributed by atoms with E-state index in [9.17, 15) is 4.39 Å². The van der Waals surface area contributed by atoms with Gasteiger partial charge in [0.25, 0.3) is 0 Å². The van der Waals surface area contributed by atoms with Crippen LogP contribution in [0.5, 0.6) is 0 Å². The van der Waals surface area contributed by atoms with Gasteiger partial charge >= 0.3 is 0 Å². The minimum absolute atomic E-state index is 0.230. The van der Waals surface area contributed by atoms with E-state index in [2.05, 4.69) is 10.2 Å². The summed E-state index contributed by atoms with van der Waals surface area (Å²) in [5.41, 5.74) is 0.482. The third kappa shape index (κ3) is 1.82. The summed E-state index contributed by atoms with van der Waals surface area (Å²) in [6, 6.07) is 6.62. The Morgan fingerprint density at radius 1 is 1.29 bits per heavy atom. The van der Waals surface area contributed by atoms with Crippen LogP contribution < -0.4 is 0 Å². The van der Waals surface area contributed by atoms with Crippen LogP contribution in [0.15, 0.2) is 24.3 Å². The lowest BCUT2D eigenvalue weighted by molar-refractivity contribution is 0.613. The smallest absolute Gasteiger partial charge is 0.152 e. The van der Waals surface area contributed by atoms with Crippen molar-refractivity contribution in [1.29, 1.82) is 0 Å². The summed E-state index contributed by atoms with van der Waals surface area (Å²) in [6.07, 6.45) is 2.18. The van der Waals surface area contributed by atoms with Crippen molar-refractivity contribution >= 4 is 11.6 Å². The highest BCUT2D eigenvalue weighted by Gasteiger charge is 2.31. The Morgan fingerprint density at radius 2 is 2.06 bits per heavy atom. The fourth-order valence-corrected chi connectivity index (χ4v) is 2.09. The van der Waals surface area contributed by atoms with Gasteiger partial charge in [0.15, 0.2) is 5.82 Å². The van der Waals surface area contributed by atoms with Gasteiger partial charge in [0, 0.05) is 5.92 Å². The first-order chi connectivity index (χ1) is 8.31. The molecule has 0 aliphatic heterocycles. The molecule has 3 rings (SSSR count). The molecule has 1 aliphatic rings. The highest BCUT2D eigenvalue weighted by Crippen LogP contribution is 2.40. The Labute approximate surface area is 103 Å². The Hall–Kier alpha value is -1.42. The monoisotopic (exact) mass is 251 g/mol. The van der Waals surface area contributed by atoms with E-state index < -0.39 is 0 Å². The third-order valence-electron chi connectivity index (χ3n) is 2.91. The van der Waals surface area contributed by atoms with Crippen LogP contribution in [-0.2, 0) is 5.88 Å². The molecule has 0 saturated heterocycles. The first-order valence-electron chi connectivity index (χ1n) is 5.56. The third-order valence-corrected chi connectivity index (χ3v) is 3.15. The average Bonchev–Trinajstić information content (AvgIpc) is 3.10. The molecule has 0 N–H and O–H groups in total. The number of hydrogen-bond acceptors (Lipinski definition) is 2. The van der Waals surface area contributed by atoms with Crippen LogP contribution in [0.3, 0.4) is 0 Å². The van der Waals surface area contributed by atoms with E-state index in [1.165, 1.54) is 6.07 Å². The maximum absolute atomic E-state index is 13.8. The van der Waals surface area contributed by atoms with Crippen molar-refractivity contribution in [2.45, 2.75) is 24.6 Å². The molecule has 2 aromatic rings. The quantitative estimate of drug-likeness (QED) is 0.785. The van der Waals surface area contributed by atoms with Crippen LogP contribution >= 0.6 is 11.6 Å². The molecular weight excluding hydrogens is 241 g/mol. The molecule has 1 heterocycles. The van der Waals surface area contributed by atoms with E-state index >= 15 is 0 Å². The normalized spacial score (nSPS) is 15.2. The highest BCUT2D eigenvalue weighted by molar-refractivity contribution is 6.16. The molecule has 1 aromatic carbocycles. The molecule has 0 atom stereocenters. The molecule has 17 heavy (non-hydrogen) atoms. The van der Waals surface area contributed by atoms with Gasteiger partial charge in [-0.05, 0) is 25.0 Å². The Bertz CT molecular complexity index is 548. The average molecular weight is 252 g/mol. The van der Waals surface area contributed by atoms with E-state index in [0.717, 1.165) is 18.7 Å². The Morgan fingerprint density at radius 3 is 2.71 bits per heavy atom. The molecule has 1 fully saturated rings. The van der Waals surface area contributed by atoms with E-state index in [-0.39, 0.29) is 11.7 Å². The van der Waals surface area contributed by atoms with Gasteiger partial charge in [0.05, 0.1) is 11.6 Å². The van der Waals surface area contributed by atoms with Crippen LogP contribution in [0, 0.1) is 5.82 Å². The number of hydrogen-bond donors (Lipinski definition) is 0. The van der Waals surface area contributed by atoms with Gasteiger partial charge in [0.2, 0.25) is 0 Å². The lowest BCUT2D eigenvalue weighted by Crippen LogP contribution is -2.05. The standard InChI is InChI=1S/C12H11ClFN3/c13-7-11-15-16-12(8-5-6-8)17(11)10-4-2-1-3-9(10)14/h1-4,8H,5-7H2. The van der Waals surface area contributed by atoms with Crippen molar-refractivity contribution in [2.75, 3.05) is 0 Å². The minimum Gasteiger partial charge on any atom is -0.279 e. The number of nitrogens with zero attached hydrogens (tertiary/aromatic N) is 3. The summed E-state index contributed by atoms with van der Waals surface area (Å²) < 4.78 is 15.6. The van der Waals surface area contributed by atoms with E-state index in [4.69, 9.17) is 11.6 Å². The summed E-state index contributed by atoms with van der Waals surface area (Å²) in [5, 5.41) is 8.16. The molecule has 0 unspecified atom stereocenters. The van der Waals surface area contributed by atoms with Crippen LogP contribution in [0.1, 0.15) is 30.4 Å².